The Hall–Kier alpha value is -2.61. The van der Waals surface area contributed by atoms with Crippen LogP contribution in [0, 0.1) is 13.8 Å². The number of amides is 3. The summed E-state index contributed by atoms with van der Waals surface area (Å²) in [6, 6.07) is 7.76. The number of hydrogen-bond acceptors (Lipinski definition) is 3. The molecule has 1 aromatic carbocycles. The van der Waals surface area contributed by atoms with E-state index >= 15 is 0 Å². The highest BCUT2D eigenvalue weighted by molar-refractivity contribution is 9.10. The van der Waals surface area contributed by atoms with E-state index in [1.807, 2.05) is 55.3 Å². The number of nitrogens with zero attached hydrogens (tertiary/aromatic N) is 5. The van der Waals surface area contributed by atoms with E-state index in [0.717, 1.165) is 27.2 Å². The van der Waals surface area contributed by atoms with Crippen molar-refractivity contribution in [2.45, 2.75) is 20.4 Å². The first-order chi connectivity index (χ1) is 12.7. The third kappa shape index (κ3) is 3.37. The number of imidazole rings is 1. The average Bonchev–Trinajstić information content (AvgIpc) is 3.09. The lowest BCUT2D eigenvalue weighted by molar-refractivity contribution is -0.116. The topological polar surface area (TPSA) is 63.4 Å². The number of fused-ring (bicyclic) bond motifs is 1. The summed E-state index contributed by atoms with van der Waals surface area (Å²) >= 11 is 3.35. The lowest BCUT2D eigenvalue weighted by Crippen LogP contribution is -2.40. The van der Waals surface area contributed by atoms with E-state index < -0.39 is 6.03 Å². The Morgan fingerprint density at radius 2 is 1.93 bits per heavy atom. The van der Waals surface area contributed by atoms with Crippen molar-refractivity contribution in [1.82, 2.24) is 19.0 Å². The van der Waals surface area contributed by atoms with Gasteiger partial charge >= 0.3 is 6.03 Å². The third-order valence-electron chi connectivity index (χ3n) is 4.91. The van der Waals surface area contributed by atoms with Gasteiger partial charge in [-0.25, -0.2) is 9.78 Å². The van der Waals surface area contributed by atoms with Crippen molar-refractivity contribution in [2.75, 3.05) is 11.9 Å². The largest absolute Gasteiger partial charge is 0.346 e. The fourth-order valence-corrected chi connectivity index (χ4v) is 3.57. The Labute approximate surface area is 166 Å². The van der Waals surface area contributed by atoms with E-state index in [4.69, 9.17) is 0 Å². The molecule has 142 valence electrons. The van der Waals surface area contributed by atoms with Crippen molar-refractivity contribution in [3.63, 3.8) is 0 Å². The number of imide groups is 1. The standard InChI is InChI=1S/C19H22BrN5O2/c1-12-6-7-16-14(8-12)9-15(23(16)4)10-25(11-26)19(27)24(5)17-13(2)22(3)18(20)21-17/h6-9,11H,10H2,1-5H3. The molecule has 0 aliphatic heterocycles. The van der Waals surface area contributed by atoms with Crippen LogP contribution in [0.15, 0.2) is 29.0 Å². The molecule has 0 radical (unpaired) electrons. The first kappa shape index (κ1) is 19.2. The maximum absolute atomic E-state index is 12.9. The van der Waals surface area contributed by atoms with Gasteiger partial charge in [-0.15, -0.1) is 0 Å². The molecule has 0 spiro atoms. The van der Waals surface area contributed by atoms with Crippen molar-refractivity contribution in [3.8, 4) is 0 Å². The number of benzene rings is 1. The Morgan fingerprint density at radius 1 is 1.22 bits per heavy atom. The number of rotatable bonds is 4. The van der Waals surface area contributed by atoms with Crippen LogP contribution in [0.25, 0.3) is 10.9 Å². The van der Waals surface area contributed by atoms with Crippen LogP contribution in [0.3, 0.4) is 0 Å². The van der Waals surface area contributed by atoms with Gasteiger partial charge in [0.2, 0.25) is 6.41 Å². The highest BCUT2D eigenvalue weighted by Gasteiger charge is 2.24. The monoisotopic (exact) mass is 431 g/mol. The van der Waals surface area contributed by atoms with Gasteiger partial charge in [-0.3, -0.25) is 14.6 Å². The van der Waals surface area contributed by atoms with Crippen LogP contribution in [-0.4, -0.2) is 38.5 Å². The number of anilines is 1. The van der Waals surface area contributed by atoms with Crippen LogP contribution < -0.4 is 4.90 Å². The number of carbonyl (C=O) groups is 2. The van der Waals surface area contributed by atoms with Crippen LogP contribution >= 0.6 is 15.9 Å². The second kappa shape index (κ2) is 7.19. The molecule has 3 amide bonds. The molecule has 7 nitrogen and oxygen atoms in total. The van der Waals surface area contributed by atoms with E-state index in [2.05, 4.69) is 27.0 Å². The number of halogens is 1. The predicted molar refractivity (Wildman–Crippen MR) is 109 cm³/mol. The second-order valence-electron chi connectivity index (χ2n) is 6.68. The maximum atomic E-state index is 12.9. The highest BCUT2D eigenvalue weighted by atomic mass is 79.9. The second-order valence-corrected chi connectivity index (χ2v) is 7.39. The Kier molecular flexibility index (Phi) is 5.10. The Bertz CT molecular complexity index is 1040. The summed E-state index contributed by atoms with van der Waals surface area (Å²) in [6.07, 6.45) is 0.565. The van der Waals surface area contributed by atoms with E-state index in [1.165, 1.54) is 10.5 Å². The first-order valence-corrected chi connectivity index (χ1v) is 9.27. The van der Waals surface area contributed by atoms with Crippen LogP contribution in [0.2, 0.25) is 0 Å². The maximum Gasteiger partial charge on any atom is 0.332 e. The normalized spacial score (nSPS) is 11.0. The zero-order valence-corrected chi connectivity index (χ0v) is 17.6. The molecule has 3 aromatic rings. The molecule has 2 aromatic heterocycles. The lowest BCUT2D eigenvalue weighted by atomic mass is 10.2. The molecule has 0 atom stereocenters. The fourth-order valence-electron chi connectivity index (χ4n) is 3.13. The molecule has 8 heteroatoms. The minimum atomic E-state index is -0.430. The zero-order valence-electron chi connectivity index (χ0n) is 16.0. The number of aromatic nitrogens is 3. The summed E-state index contributed by atoms with van der Waals surface area (Å²) in [5.74, 6) is 0.508. The minimum Gasteiger partial charge on any atom is -0.346 e. The number of carbonyl (C=O) groups excluding carboxylic acids is 2. The number of hydrogen-bond donors (Lipinski definition) is 0. The Balaban J connectivity index is 1.88. The summed E-state index contributed by atoms with van der Waals surface area (Å²) in [7, 11) is 5.40. The molecule has 0 aliphatic rings. The minimum absolute atomic E-state index is 0.184. The summed E-state index contributed by atoms with van der Waals surface area (Å²) in [5.41, 5.74) is 3.93. The van der Waals surface area contributed by atoms with Gasteiger partial charge in [0.05, 0.1) is 12.2 Å². The molecule has 2 heterocycles. The van der Waals surface area contributed by atoms with Gasteiger partial charge in [0.25, 0.3) is 0 Å². The summed E-state index contributed by atoms with van der Waals surface area (Å²) in [4.78, 5) is 31.4. The number of aryl methyl sites for hydroxylation is 2. The highest BCUT2D eigenvalue weighted by Crippen LogP contribution is 2.24. The van der Waals surface area contributed by atoms with Crippen LogP contribution in [-0.2, 0) is 25.4 Å². The molecular formula is C19H22BrN5O2. The summed E-state index contributed by atoms with van der Waals surface area (Å²) < 4.78 is 4.45. The van der Waals surface area contributed by atoms with E-state index in [-0.39, 0.29) is 6.54 Å². The molecule has 3 rings (SSSR count). The molecule has 0 aliphatic carbocycles. The van der Waals surface area contributed by atoms with Gasteiger partial charge in [-0.05, 0) is 48.0 Å². The predicted octanol–water partition coefficient (Wildman–Crippen LogP) is 3.51. The van der Waals surface area contributed by atoms with Crippen LogP contribution in [0.4, 0.5) is 10.6 Å². The van der Waals surface area contributed by atoms with E-state index in [9.17, 15) is 9.59 Å². The van der Waals surface area contributed by atoms with E-state index in [0.29, 0.717) is 17.0 Å². The number of urea groups is 1. The van der Waals surface area contributed by atoms with Crippen molar-refractivity contribution >= 4 is 45.1 Å². The quantitative estimate of drug-likeness (QED) is 0.593. The first-order valence-electron chi connectivity index (χ1n) is 8.48. The molecule has 0 bridgehead atoms. The average molecular weight is 432 g/mol. The lowest BCUT2D eigenvalue weighted by Gasteiger charge is -2.23. The Morgan fingerprint density at radius 3 is 2.52 bits per heavy atom. The van der Waals surface area contributed by atoms with Crippen molar-refractivity contribution in [3.05, 3.63) is 46.0 Å². The van der Waals surface area contributed by atoms with Gasteiger partial charge < -0.3 is 9.13 Å². The molecule has 27 heavy (non-hydrogen) atoms. The van der Waals surface area contributed by atoms with Crippen molar-refractivity contribution < 1.29 is 9.59 Å². The molecule has 0 N–H and O–H groups in total. The van der Waals surface area contributed by atoms with Gasteiger partial charge in [0, 0.05) is 37.7 Å². The fraction of sp³-hybridized carbons (Fsp3) is 0.316. The van der Waals surface area contributed by atoms with E-state index in [1.54, 1.807) is 7.05 Å². The summed E-state index contributed by atoms with van der Waals surface area (Å²) in [5, 5.41) is 1.09. The molecular weight excluding hydrogens is 410 g/mol. The third-order valence-corrected chi connectivity index (χ3v) is 5.62. The molecule has 0 fully saturated rings. The van der Waals surface area contributed by atoms with Crippen LogP contribution in [0.1, 0.15) is 17.0 Å². The SMILES string of the molecule is Cc1ccc2c(c1)cc(CN(C=O)C(=O)N(C)c1nc(Br)n(C)c1C)n2C. The van der Waals surface area contributed by atoms with Crippen molar-refractivity contribution in [1.29, 1.82) is 0 Å². The summed E-state index contributed by atoms with van der Waals surface area (Å²) in [6.45, 7) is 4.09. The van der Waals surface area contributed by atoms with Gasteiger partial charge in [-0.1, -0.05) is 11.6 Å². The van der Waals surface area contributed by atoms with Gasteiger partial charge in [0.1, 0.15) is 0 Å². The molecule has 0 saturated heterocycles. The molecule has 0 unspecified atom stereocenters. The molecule has 0 saturated carbocycles. The smallest absolute Gasteiger partial charge is 0.332 e. The van der Waals surface area contributed by atoms with Crippen molar-refractivity contribution in [2.24, 2.45) is 14.1 Å². The van der Waals surface area contributed by atoms with Gasteiger partial charge in [0.15, 0.2) is 10.6 Å². The zero-order chi connectivity index (χ0) is 19.9. The van der Waals surface area contributed by atoms with Crippen LogP contribution in [0.5, 0.6) is 0 Å². The van der Waals surface area contributed by atoms with Gasteiger partial charge in [-0.2, -0.15) is 0 Å².